The largest absolute Gasteiger partial charge is 0.0958 e. The molecule has 0 aliphatic heterocycles. The lowest BCUT2D eigenvalue weighted by Gasteiger charge is -2.01. The molecule has 0 aromatic heterocycles. The fraction of sp³-hybridized carbons (Fsp3) is 0.556. The van der Waals surface area contributed by atoms with Crippen molar-refractivity contribution in [3.05, 3.63) is 23.8 Å². The molecule has 9 heavy (non-hydrogen) atoms. The lowest BCUT2D eigenvalue weighted by molar-refractivity contribution is 0.910. The van der Waals surface area contributed by atoms with Crippen molar-refractivity contribution >= 4 is 0 Å². The van der Waals surface area contributed by atoms with E-state index in [1.807, 2.05) is 0 Å². The number of hydrogen-bond donors (Lipinski definition) is 0. The quantitative estimate of drug-likeness (QED) is 0.506. The summed E-state index contributed by atoms with van der Waals surface area (Å²) in [6.45, 7) is 10.2. The molecule has 0 atom stereocenters. The molecule has 0 fully saturated rings. The van der Waals surface area contributed by atoms with Crippen LogP contribution in [-0.2, 0) is 0 Å². The summed E-state index contributed by atoms with van der Waals surface area (Å²) in [6, 6.07) is 0. The molecule has 0 nitrogen and oxygen atoms in total. The molecule has 0 N–H and O–H groups in total. The Morgan fingerprint density at radius 1 is 1.56 bits per heavy atom. The zero-order valence-corrected chi connectivity index (χ0v) is 6.70. The van der Waals surface area contributed by atoms with Crippen LogP contribution in [0.3, 0.4) is 0 Å². The maximum atomic E-state index is 3.88. The first-order valence-corrected chi connectivity index (χ1v) is 3.53. The highest BCUT2D eigenvalue weighted by molar-refractivity contribution is 5.24. The smallest absolute Gasteiger partial charge is 0.0282 e. The molecule has 0 aromatic rings. The van der Waals surface area contributed by atoms with Gasteiger partial charge in [-0.1, -0.05) is 31.6 Å². The number of hydrogen-bond acceptors (Lipinski definition) is 0. The molecule has 0 aliphatic carbocycles. The summed E-state index contributed by atoms with van der Waals surface area (Å²) < 4.78 is 0. The van der Waals surface area contributed by atoms with Gasteiger partial charge in [-0.15, -0.1) is 0 Å². The van der Waals surface area contributed by atoms with Gasteiger partial charge in [0.25, 0.3) is 0 Å². The van der Waals surface area contributed by atoms with E-state index in [0.29, 0.717) is 0 Å². The Hall–Kier alpha value is -0.520. The van der Waals surface area contributed by atoms with E-state index in [0.717, 1.165) is 0 Å². The van der Waals surface area contributed by atoms with E-state index in [-0.39, 0.29) is 0 Å². The van der Waals surface area contributed by atoms with Crippen LogP contribution in [0.2, 0.25) is 0 Å². The first-order valence-electron chi connectivity index (χ1n) is 3.53. The molecule has 0 bridgehead atoms. The van der Waals surface area contributed by atoms with E-state index < -0.39 is 0 Å². The van der Waals surface area contributed by atoms with E-state index >= 15 is 0 Å². The molecule has 0 radical (unpaired) electrons. The second-order valence-corrected chi connectivity index (χ2v) is 2.34. The van der Waals surface area contributed by atoms with Crippen molar-refractivity contribution in [1.82, 2.24) is 0 Å². The van der Waals surface area contributed by atoms with Crippen molar-refractivity contribution in [1.29, 1.82) is 0 Å². The van der Waals surface area contributed by atoms with Gasteiger partial charge < -0.3 is 0 Å². The zero-order valence-electron chi connectivity index (χ0n) is 6.70. The van der Waals surface area contributed by atoms with Gasteiger partial charge in [0.2, 0.25) is 0 Å². The fourth-order valence-corrected chi connectivity index (χ4v) is 0.873. The summed E-state index contributed by atoms with van der Waals surface area (Å²) in [5.41, 5.74) is 2.61. The number of rotatable bonds is 3. The number of allylic oxidation sites excluding steroid dienone is 3. The maximum absolute atomic E-state index is 3.88. The zero-order chi connectivity index (χ0) is 7.28. The normalized spacial score (nSPS) is 11.7. The van der Waals surface area contributed by atoms with Crippen LogP contribution in [0.15, 0.2) is 23.8 Å². The van der Waals surface area contributed by atoms with Crippen LogP contribution in [0.5, 0.6) is 0 Å². The Balaban J connectivity index is 3.85. The SMILES string of the molecule is C=C(C)/C(=C\C)CCC. The minimum Gasteiger partial charge on any atom is -0.0958 e. The van der Waals surface area contributed by atoms with Gasteiger partial charge in [0.05, 0.1) is 0 Å². The van der Waals surface area contributed by atoms with E-state index in [9.17, 15) is 0 Å². The molecule has 0 aliphatic rings. The lowest BCUT2D eigenvalue weighted by atomic mass is 10.0. The molecule has 0 spiro atoms. The fourth-order valence-electron chi connectivity index (χ4n) is 0.873. The van der Waals surface area contributed by atoms with Crippen LogP contribution in [-0.4, -0.2) is 0 Å². The van der Waals surface area contributed by atoms with Crippen molar-refractivity contribution in [2.75, 3.05) is 0 Å². The van der Waals surface area contributed by atoms with Gasteiger partial charge >= 0.3 is 0 Å². The highest BCUT2D eigenvalue weighted by Crippen LogP contribution is 2.12. The van der Waals surface area contributed by atoms with Crippen LogP contribution in [0.4, 0.5) is 0 Å². The molecule has 0 aromatic carbocycles. The van der Waals surface area contributed by atoms with Crippen LogP contribution >= 0.6 is 0 Å². The van der Waals surface area contributed by atoms with Gasteiger partial charge in [-0.3, -0.25) is 0 Å². The maximum Gasteiger partial charge on any atom is -0.0282 e. The van der Waals surface area contributed by atoms with E-state index in [1.54, 1.807) is 0 Å². The highest BCUT2D eigenvalue weighted by atomic mass is 14.0. The molecule has 0 saturated carbocycles. The molecule has 0 saturated heterocycles. The van der Waals surface area contributed by atoms with Gasteiger partial charge in [-0.05, 0) is 25.8 Å². The minimum atomic E-state index is 1.17. The van der Waals surface area contributed by atoms with E-state index in [2.05, 4.69) is 33.4 Å². The third-order valence-corrected chi connectivity index (χ3v) is 1.42. The first-order chi connectivity index (χ1) is 4.22. The Morgan fingerprint density at radius 2 is 2.11 bits per heavy atom. The Kier molecular flexibility index (Phi) is 4.12. The van der Waals surface area contributed by atoms with Crippen molar-refractivity contribution in [3.63, 3.8) is 0 Å². The van der Waals surface area contributed by atoms with Crippen molar-refractivity contribution < 1.29 is 0 Å². The van der Waals surface area contributed by atoms with Crippen molar-refractivity contribution in [2.45, 2.75) is 33.6 Å². The predicted octanol–water partition coefficient (Wildman–Crippen LogP) is 3.31. The summed E-state index contributed by atoms with van der Waals surface area (Å²) in [5, 5.41) is 0. The second-order valence-electron chi connectivity index (χ2n) is 2.34. The van der Waals surface area contributed by atoms with Crippen molar-refractivity contribution in [2.24, 2.45) is 0 Å². The Labute approximate surface area is 58.3 Å². The predicted molar refractivity (Wildman–Crippen MR) is 43.5 cm³/mol. The Morgan fingerprint density at radius 3 is 2.22 bits per heavy atom. The van der Waals surface area contributed by atoms with Crippen LogP contribution in [0, 0.1) is 0 Å². The Bertz CT molecular complexity index is 118. The summed E-state index contributed by atoms with van der Waals surface area (Å²) in [7, 11) is 0. The second kappa shape index (κ2) is 4.37. The van der Waals surface area contributed by atoms with Gasteiger partial charge in [0, 0.05) is 0 Å². The average molecular weight is 124 g/mol. The van der Waals surface area contributed by atoms with E-state index in [1.165, 1.54) is 24.0 Å². The third kappa shape index (κ3) is 3.12. The molecule has 0 amide bonds. The molecule has 0 rings (SSSR count). The monoisotopic (exact) mass is 124 g/mol. The third-order valence-electron chi connectivity index (χ3n) is 1.42. The summed E-state index contributed by atoms with van der Waals surface area (Å²) in [4.78, 5) is 0. The van der Waals surface area contributed by atoms with Gasteiger partial charge in [-0.2, -0.15) is 0 Å². The van der Waals surface area contributed by atoms with Gasteiger partial charge in [0.1, 0.15) is 0 Å². The summed E-state index contributed by atoms with van der Waals surface area (Å²) in [5.74, 6) is 0. The molecule has 0 heterocycles. The topological polar surface area (TPSA) is 0 Å². The van der Waals surface area contributed by atoms with Gasteiger partial charge in [0.15, 0.2) is 0 Å². The van der Waals surface area contributed by atoms with Crippen LogP contribution in [0.1, 0.15) is 33.6 Å². The first kappa shape index (κ1) is 8.48. The lowest BCUT2D eigenvalue weighted by Crippen LogP contribution is -1.81. The molecular weight excluding hydrogens is 108 g/mol. The minimum absolute atomic E-state index is 1.17. The van der Waals surface area contributed by atoms with Crippen molar-refractivity contribution in [3.8, 4) is 0 Å². The van der Waals surface area contributed by atoms with Crippen LogP contribution < -0.4 is 0 Å². The highest BCUT2D eigenvalue weighted by Gasteiger charge is 1.92. The summed E-state index contributed by atoms with van der Waals surface area (Å²) >= 11 is 0. The molecular formula is C9H16. The molecule has 0 heteroatoms. The standard InChI is InChI=1S/C9H16/c1-5-7-9(6-2)8(3)4/h6H,3,5,7H2,1-2,4H3/b9-6-. The summed E-state index contributed by atoms with van der Waals surface area (Å²) in [6.07, 6.45) is 4.53. The van der Waals surface area contributed by atoms with E-state index in [4.69, 9.17) is 0 Å². The average Bonchev–Trinajstić information content (AvgIpc) is 1.82. The molecule has 0 unspecified atom stereocenters. The van der Waals surface area contributed by atoms with Gasteiger partial charge in [-0.25, -0.2) is 0 Å². The van der Waals surface area contributed by atoms with Crippen LogP contribution in [0.25, 0.3) is 0 Å². The molecule has 52 valence electrons.